The number of nitrogens with two attached hydrogens (primary N) is 1. The number of nitrogens with zero attached hydrogens (tertiary/aromatic N) is 5. The lowest BCUT2D eigenvalue weighted by molar-refractivity contribution is -0.142. The van der Waals surface area contributed by atoms with E-state index in [4.69, 9.17) is 10.8 Å². The quantitative estimate of drug-likeness (QED) is 0.0912. The highest BCUT2D eigenvalue weighted by atomic mass is 16.4. The molecule has 1 aromatic carbocycles. The number of fused-ring (bicyclic) bond motifs is 1. The molecule has 1 saturated carbocycles. The van der Waals surface area contributed by atoms with Gasteiger partial charge in [0.05, 0.1) is 24.0 Å². The van der Waals surface area contributed by atoms with E-state index in [2.05, 4.69) is 31.2 Å². The average Bonchev–Trinajstić information content (AvgIpc) is 3.82. The van der Waals surface area contributed by atoms with E-state index >= 15 is 0 Å². The minimum absolute atomic E-state index is 0.0107. The number of pyridine rings is 1. The Morgan fingerprint density at radius 2 is 1.74 bits per heavy atom. The molecule has 5 amide bonds. The van der Waals surface area contributed by atoms with E-state index in [1.54, 1.807) is 32.0 Å². The van der Waals surface area contributed by atoms with Crippen LogP contribution in [0.1, 0.15) is 100 Å². The molecule has 2 aliphatic rings. The van der Waals surface area contributed by atoms with E-state index in [9.17, 15) is 33.9 Å². The lowest BCUT2D eigenvalue weighted by Gasteiger charge is -2.32. The molecule has 1 aliphatic carbocycles. The van der Waals surface area contributed by atoms with Crippen LogP contribution in [-0.2, 0) is 24.8 Å². The summed E-state index contributed by atoms with van der Waals surface area (Å²) in [5.74, 6) is -3.92. The number of benzene rings is 1. The van der Waals surface area contributed by atoms with Crippen LogP contribution in [0.5, 0.6) is 0 Å². The molecule has 17 heteroatoms. The van der Waals surface area contributed by atoms with Crippen LogP contribution in [0, 0.1) is 5.92 Å². The molecule has 1 aliphatic heterocycles. The van der Waals surface area contributed by atoms with Crippen LogP contribution in [-0.4, -0.2) is 102 Å². The first-order valence-electron chi connectivity index (χ1n) is 18.4. The van der Waals surface area contributed by atoms with Gasteiger partial charge in [-0.25, -0.2) is 9.48 Å². The van der Waals surface area contributed by atoms with Crippen LogP contribution < -0.4 is 21.7 Å². The van der Waals surface area contributed by atoms with Gasteiger partial charge >= 0.3 is 6.09 Å². The van der Waals surface area contributed by atoms with Crippen molar-refractivity contribution in [3.63, 3.8) is 0 Å². The average molecular weight is 748 g/mol. The van der Waals surface area contributed by atoms with Crippen molar-refractivity contribution in [1.82, 2.24) is 40.8 Å². The van der Waals surface area contributed by atoms with Gasteiger partial charge in [0.2, 0.25) is 17.6 Å². The first kappa shape index (κ1) is 39.8. The van der Waals surface area contributed by atoms with Gasteiger partial charge in [-0.05, 0) is 56.9 Å². The van der Waals surface area contributed by atoms with Gasteiger partial charge in [-0.2, -0.15) is 0 Å². The number of likely N-dealkylation sites (tertiary alicyclic amines) is 1. The third kappa shape index (κ3) is 9.75. The lowest BCUT2D eigenvalue weighted by atomic mass is 9.84. The van der Waals surface area contributed by atoms with Crippen LogP contribution >= 0.6 is 0 Å². The summed E-state index contributed by atoms with van der Waals surface area (Å²) in [4.78, 5) is 84.3. The predicted octanol–water partition coefficient (Wildman–Crippen LogP) is 1.94. The zero-order chi connectivity index (χ0) is 39.0. The molecular formula is C37H49N9O8. The second kappa shape index (κ2) is 17.6. The molecule has 17 nitrogen and oxygen atoms in total. The van der Waals surface area contributed by atoms with Crippen LogP contribution in [0.15, 0.2) is 42.7 Å². The molecule has 54 heavy (non-hydrogen) atoms. The smallest absolute Gasteiger partial charge is 0.404 e. The highest BCUT2D eigenvalue weighted by Crippen LogP contribution is 2.34. The summed E-state index contributed by atoms with van der Waals surface area (Å²) in [6.45, 7) is 3.18. The van der Waals surface area contributed by atoms with E-state index < -0.39 is 65.3 Å². The second-order valence-electron chi connectivity index (χ2n) is 14.7. The number of aromatic nitrogens is 4. The number of Topliss-reactive ketones (excluding diaryl/α,β-unsaturated/α-hetero) is 1. The Hall–Kier alpha value is -5.45. The summed E-state index contributed by atoms with van der Waals surface area (Å²) >= 11 is 0. The van der Waals surface area contributed by atoms with Crippen molar-refractivity contribution in [2.45, 2.75) is 108 Å². The highest BCUT2D eigenvalue weighted by Gasteiger charge is 2.45. The van der Waals surface area contributed by atoms with Crippen molar-refractivity contribution < 1.29 is 39.0 Å². The molecule has 5 rings (SSSR count). The number of carboxylic acid groups (broad SMARTS) is 1. The number of rotatable bonds is 16. The summed E-state index contributed by atoms with van der Waals surface area (Å²) in [6.07, 6.45) is 7.49. The molecule has 290 valence electrons. The SMILES string of the molecule is CC(C)(O)c1cnnn1[C@H]1C[C@@H](C(=O)NC(CCCCNC(=O)O)C(=O)C(N)=O)N(C(=O)C(CC2CCCCC2)NC(=O)c2nccc3ccccc23)C1. The minimum Gasteiger partial charge on any atom is -0.465 e. The molecule has 0 bridgehead atoms. The van der Waals surface area contributed by atoms with E-state index in [0.29, 0.717) is 23.9 Å². The Kier molecular flexibility index (Phi) is 12.9. The Morgan fingerprint density at radius 3 is 2.44 bits per heavy atom. The fourth-order valence-corrected chi connectivity index (χ4v) is 7.52. The van der Waals surface area contributed by atoms with Crippen molar-refractivity contribution >= 4 is 46.3 Å². The number of aliphatic hydroxyl groups is 1. The van der Waals surface area contributed by atoms with Crippen molar-refractivity contribution in [2.24, 2.45) is 11.7 Å². The monoisotopic (exact) mass is 747 g/mol. The maximum atomic E-state index is 14.8. The maximum absolute atomic E-state index is 14.8. The third-order valence-electron chi connectivity index (χ3n) is 10.3. The second-order valence-corrected chi connectivity index (χ2v) is 14.7. The van der Waals surface area contributed by atoms with Crippen LogP contribution in [0.3, 0.4) is 0 Å². The van der Waals surface area contributed by atoms with Gasteiger partial charge in [0.1, 0.15) is 23.4 Å². The number of amides is 5. The van der Waals surface area contributed by atoms with Crippen molar-refractivity contribution in [3.8, 4) is 0 Å². The number of ketones is 1. The number of unbranched alkanes of at least 4 members (excludes halogenated alkanes) is 1. The molecular weight excluding hydrogens is 698 g/mol. The first-order valence-corrected chi connectivity index (χ1v) is 18.4. The third-order valence-corrected chi connectivity index (χ3v) is 10.3. The molecule has 0 radical (unpaired) electrons. The Morgan fingerprint density at radius 1 is 1.00 bits per heavy atom. The summed E-state index contributed by atoms with van der Waals surface area (Å²) in [6, 6.07) is 4.91. The van der Waals surface area contributed by atoms with Gasteiger partial charge in [-0.15, -0.1) is 5.10 Å². The fraction of sp³-hybridized carbons (Fsp3) is 0.541. The summed E-state index contributed by atoms with van der Waals surface area (Å²) < 4.78 is 1.48. The summed E-state index contributed by atoms with van der Waals surface area (Å²) in [7, 11) is 0. The zero-order valence-electron chi connectivity index (χ0n) is 30.6. The molecule has 2 aromatic heterocycles. The van der Waals surface area contributed by atoms with Crippen molar-refractivity contribution in [2.75, 3.05) is 13.1 Å². The number of carbonyl (C=O) groups is 6. The van der Waals surface area contributed by atoms with Gasteiger partial charge in [0.25, 0.3) is 11.8 Å². The van der Waals surface area contributed by atoms with Gasteiger partial charge in [-0.1, -0.05) is 61.6 Å². The zero-order valence-corrected chi connectivity index (χ0v) is 30.6. The van der Waals surface area contributed by atoms with Gasteiger partial charge in [0, 0.05) is 31.1 Å². The topological polar surface area (TPSA) is 252 Å². The Labute approximate surface area is 312 Å². The maximum Gasteiger partial charge on any atom is 0.404 e. The predicted molar refractivity (Wildman–Crippen MR) is 195 cm³/mol. The molecule has 7 N–H and O–H groups in total. The van der Waals surface area contributed by atoms with Crippen molar-refractivity contribution in [3.05, 3.63) is 54.1 Å². The number of carbonyl (C=O) groups excluding carboxylic acids is 5. The molecule has 3 aromatic rings. The molecule has 1 saturated heterocycles. The fourth-order valence-electron chi connectivity index (χ4n) is 7.52. The summed E-state index contributed by atoms with van der Waals surface area (Å²) in [5.41, 5.74) is 4.48. The minimum atomic E-state index is -1.36. The van der Waals surface area contributed by atoms with Crippen LogP contribution in [0.2, 0.25) is 0 Å². The number of hydrogen-bond acceptors (Lipinski definition) is 10. The number of hydrogen-bond donors (Lipinski definition) is 6. The largest absolute Gasteiger partial charge is 0.465 e. The molecule has 2 fully saturated rings. The molecule has 2 unspecified atom stereocenters. The number of nitrogens with one attached hydrogen (secondary N) is 3. The van der Waals surface area contributed by atoms with E-state index in [-0.39, 0.29) is 44.0 Å². The Bertz CT molecular complexity index is 1850. The van der Waals surface area contributed by atoms with Crippen molar-refractivity contribution in [1.29, 1.82) is 0 Å². The Balaban J connectivity index is 1.45. The van der Waals surface area contributed by atoms with E-state index in [1.165, 1.54) is 22.0 Å². The standard InChI is InChI=1S/C37H49N9O8/c1-37(2,54)29-20-41-44-46(29)24-19-28(33(49)42-26(31(47)32(38)48)14-8-9-16-40-36(52)53)45(21-24)35(51)27(18-22-10-4-3-5-11-22)43-34(50)30-25-13-7-6-12-23(25)15-17-39-30/h6-7,12-13,15,17,20,22,24,26-28,40,54H,3-5,8-11,14,16,18-19,21H2,1-2H3,(H2,38,48)(H,42,49)(H,43,50)(H,52,53)/t24-,26?,27?,28-/m0/s1. The first-order chi connectivity index (χ1) is 25.7. The van der Waals surface area contributed by atoms with Crippen LogP contribution in [0.25, 0.3) is 10.8 Å². The normalized spacial score (nSPS) is 18.8. The lowest BCUT2D eigenvalue weighted by Crippen LogP contribution is -2.56. The van der Waals surface area contributed by atoms with Gasteiger partial charge < -0.3 is 36.8 Å². The molecule has 3 heterocycles. The van der Waals surface area contributed by atoms with E-state index in [1.807, 2.05) is 12.1 Å². The molecule has 4 atom stereocenters. The van der Waals surface area contributed by atoms with Gasteiger partial charge in [0.15, 0.2) is 0 Å². The summed E-state index contributed by atoms with van der Waals surface area (Å²) in [5, 5.41) is 37.1. The van der Waals surface area contributed by atoms with Gasteiger partial charge in [-0.3, -0.25) is 29.0 Å². The number of primary amides is 1. The van der Waals surface area contributed by atoms with E-state index in [0.717, 1.165) is 37.5 Å². The highest BCUT2D eigenvalue weighted by molar-refractivity contribution is 6.37. The van der Waals surface area contributed by atoms with Crippen LogP contribution in [0.4, 0.5) is 4.79 Å². The molecule has 0 spiro atoms.